The van der Waals surface area contributed by atoms with Gasteiger partial charge in [0.15, 0.2) is 5.96 Å². The van der Waals surface area contributed by atoms with Crippen molar-refractivity contribution in [2.75, 3.05) is 33.3 Å². The van der Waals surface area contributed by atoms with Gasteiger partial charge in [0.25, 0.3) is 0 Å². The smallest absolute Gasteiger partial charge is 0.193 e. The minimum Gasteiger partial charge on any atom is -0.376 e. The van der Waals surface area contributed by atoms with E-state index in [1.165, 1.54) is 27.6 Å². The molecule has 31 heavy (non-hydrogen) atoms. The van der Waals surface area contributed by atoms with Gasteiger partial charge in [0.2, 0.25) is 0 Å². The fourth-order valence-corrected chi connectivity index (χ4v) is 4.29. The summed E-state index contributed by atoms with van der Waals surface area (Å²) in [7, 11) is 1.87. The van der Waals surface area contributed by atoms with Crippen molar-refractivity contribution in [2.24, 2.45) is 10.9 Å². The van der Waals surface area contributed by atoms with E-state index in [4.69, 9.17) is 4.74 Å². The zero-order chi connectivity index (χ0) is 20.8. The summed E-state index contributed by atoms with van der Waals surface area (Å²) < 4.78 is 5.96. The first-order valence-electron chi connectivity index (χ1n) is 10.9. The van der Waals surface area contributed by atoms with Gasteiger partial charge in [-0.25, -0.2) is 0 Å². The molecule has 2 aromatic carbocycles. The van der Waals surface area contributed by atoms with E-state index >= 15 is 0 Å². The minimum atomic E-state index is 0. The van der Waals surface area contributed by atoms with Gasteiger partial charge < -0.3 is 19.9 Å². The van der Waals surface area contributed by atoms with Crippen LogP contribution in [0.5, 0.6) is 0 Å². The minimum absolute atomic E-state index is 0. The third-order valence-electron chi connectivity index (χ3n) is 5.95. The van der Waals surface area contributed by atoms with Gasteiger partial charge in [-0.05, 0) is 36.5 Å². The highest BCUT2D eigenvalue weighted by molar-refractivity contribution is 14.0. The predicted molar refractivity (Wildman–Crippen MR) is 139 cm³/mol. The molecule has 4 rings (SSSR count). The van der Waals surface area contributed by atoms with Gasteiger partial charge in [0.05, 0.1) is 13.2 Å². The van der Waals surface area contributed by atoms with E-state index in [1.54, 1.807) is 0 Å². The molecule has 2 N–H and O–H groups in total. The van der Waals surface area contributed by atoms with Gasteiger partial charge in [0.1, 0.15) is 0 Å². The Morgan fingerprint density at radius 2 is 2.03 bits per heavy atom. The maximum Gasteiger partial charge on any atom is 0.193 e. The lowest BCUT2D eigenvalue weighted by Gasteiger charge is -2.21. The maximum absolute atomic E-state index is 5.96. The number of rotatable bonds is 7. The van der Waals surface area contributed by atoms with Gasteiger partial charge in [-0.15, -0.1) is 24.0 Å². The highest BCUT2D eigenvalue weighted by atomic mass is 127. The molecule has 5 nitrogen and oxygen atoms in total. The van der Waals surface area contributed by atoms with Crippen molar-refractivity contribution >= 4 is 40.8 Å². The summed E-state index contributed by atoms with van der Waals surface area (Å²) in [6.45, 7) is 6.55. The number of nitrogens with zero attached hydrogens (tertiary/aromatic N) is 2. The van der Waals surface area contributed by atoms with Crippen LogP contribution >= 0.6 is 24.0 Å². The van der Waals surface area contributed by atoms with E-state index in [0.717, 1.165) is 45.0 Å². The number of hydrogen-bond donors (Lipinski definition) is 2. The summed E-state index contributed by atoms with van der Waals surface area (Å²) in [5.41, 5.74) is 5.12. The number of aliphatic imine (C=N–C) groups is 1. The van der Waals surface area contributed by atoms with Crippen molar-refractivity contribution in [2.45, 2.75) is 26.4 Å². The summed E-state index contributed by atoms with van der Waals surface area (Å²) in [5.74, 6) is 1.56. The molecule has 0 saturated carbocycles. The number of likely N-dealkylation sites (tertiary alicyclic amines) is 1. The Morgan fingerprint density at radius 1 is 1.19 bits per heavy atom. The number of aryl methyl sites for hydroxylation is 1. The van der Waals surface area contributed by atoms with Crippen LogP contribution in [-0.4, -0.2) is 49.1 Å². The molecule has 1 aliphatic rings. The number of ether oxygens (including phenoxy) is 1. The number of para-hydroxylation sites is 1. The Balaban J connectivity index is 0.00000272. The normalized spacial score (nSPS) is 16.5. The van der Waals surface area contributed by atoms with Gasteiger partial charge in [-0.3, -0.25) is 4.99 Å². The molecule has 0 aliphatic carbocycles. The summed E-state index contributed by atoms with van der Waals surface area (Å²) in [4.78, 5) is 10.3. The fraction of sp³-hybridized carbons (Fsp3) is 0.400. The molecule has 3 aromatic rings. The van der Waals surface area contributed by atoms with E-state index in [-0.39, 0.29) is 24.0 Å². The van der Waals surface area contributed by atoms with Gasteiger partial charge in [0, 0.05) is 49.7 Å². The van der Waals surface area contributed by atoms with Crippen LogP contribution in [0.25, 0.3) is 10.9 Å². The molecule has 0 amide bonds. The average Bonchev–Trinajstić information content (AvgIpc) is 3.40. The highest BCUT2D eigenvalue weighted by Crippen LogP contribution is 2.21. The summed E-state index contributed by atoms with van der Waals surface area (Å²) in [5, 5.41) is 4.88. The average molecular weight is 532 g/mol. The number of nitrogens with one attached hydrogen (secondary N) is 2. The number of H-pyrrole nitrogens is 1. The number of aromatic amines is 1. The number of hydrogen-bond acceptors (Lipinski definition) is 2. The highest BCUT2D eigenvalue weighted by Gasteiger charge is 2.24. The first-order chi connectivity index (χ1) is 14.7. The number of guanidine groups is 1. The zero-order valence-electron chi connectivity index (χ0n) is 18.4. The Morgan fingerprint density at radius 3 is 2.84 bits per heavy atom. The second-order valence-corrected chi connectivity index (χ2v) is 8.14. The molecule has 1 unspecified atom stereocenters. The van der Waals surface area contributed by atoms with Gasteiger partial charge in [-0.2, -0.15) is 0 Å². The fourth-order valence-electron chi connectivity index (χ4n) is 4.29. The Hall–Kier alpha value is -2.06. The van der Waals surface area contributed by atoms with Crippen molar-refractivity contribution in [3.8, 4) is 0 Å². The van der Waals surface area contributed by atoms with E-state index in [9.17, 15) is 0 Å². The molecule has 2 heterocycles. The lowest BCUT2D eigenvalue weighted by molar-refractivity contribution is 0.0907. The van der Waals surface area contributed by atoms with Gasteiger partial charge >= 0.3 is 0 Å². The molecule has 0 bridgehead atoms. The van der Waals surface area contributed by atoms with Crippen LogP contribution in [0.1, 0.15) is 23.1 Å². The Labute approximate surface area is 202 Å². The van der Waals surface area contributed by atoms with Crippen molar-refractivity contribution in [3.63, 3.8) is 0 Å². The maximum atomic E-state index is 5.96. The molecule has 0 radical (unpaired) electrons. The third-order valence-corrected chi connectivity index (χ3v) is 5.95. The molecule has 0 spiro atoms. The van der Waals surface area contributed by atoms with Crippen LogP contribution in [0.4, 0.5) is 0 Å². The zero-order valence-corrected chi connectivity index (χ0v) is 20.8. The monoisotopic (exact) mass is 532 g/mol. The topological polar surface area (TPSA) is 52.7 Å². The lowest BCUT2D eigenvalue weighted by Crippen LogP contribution is -2.41. The van der Waals surface area contributed by atoms with E-state index in [0.29, 0.717) is 12.5 Å². The first kappa shape index (κ1) is 23.6. The van der Waals surface area contributed by atoms with Crippen LogP contribution in [0.2, 0.25) is 0 Å². The number of fused-ring (bicyclic) bond motifs is 1. The van der Waals surface area contributed by atoms with Crippen LogP contribution in [0.3, 0.4) is 0 Å². The Kier molecular flexibility index (Phi) is 8.78. The summed E-state index contributed by atoms with van der Waals surface area (Å²) >= 11 is 0. The summed E-state index contributed by atoms with van der Waals surface area (Å²) in [6, 6.07) is 16.9. The quantitative estimate of drug-likeness (QED) is 0.263. The molecular weight excluding hydrogens is 499 g/mol. The van der Waals surface area contributed by atoms with E-state index in [1.807, 2.05) is 13.1 Å². The number of halogens is 1. The molecular formula is C25H33IN4O. The molecule has 166 valence electrons. The third kappa shape index (κ3) is 6.01. The number of benzene rings is 2. The second kappa shape index (κ2) is 11.5. The first-order valence-corrected chi connectivity index (χ1v) is 10.9. The number of aromatic nitrogens is 1. The molecule has 6 heteroatoms. The molecule has 1 aliphatic heterocycles. The summed E-state index contributed by atoms with van der Waals surface area (Å²) in [6.07, 6.45) is 4.26. The van der Waals surface area contributed by atoms with Crippen molar-refractivity contribution < 1.29 is 4.74 Å². The van der Waals surface area contributed by atoms with E-state index in [2.05, 4.69) is 75.8 Å². The van der Waals surface area contributed by atoms with Crippen molar-refractivity contribution in [1.29, 1.82) is 0 Å². The van der Waals surface area contributed by atoms with Crippen LogP contribution in [0, 0.1) is 12.8 Å². The largest absolute Gasteiger partial charge is 0.376 e. The Bertz CT molecular complexity index is 986. The van der Waals surface area contributed by atoms with Crippen LogP contribution < -0.4 is 5.32 Å². The van der Waals surface area contributed by atoms with Crippen LogP contribution in [-0.2, 0) is 17.8 Å². The SMILES string of the molecule is CN=C(NCCc1c[nH]c2c(C)cccc12)N1CCC(COCc2ccccc2)C1.I. The predicted octanol–water partition coefficient (Wildman–Crippen LogP) is 4.75. The molecule has 1 saturated heterocycles. The van der Waals surface area contributed by atoms with Gasteiger partial charge in [-0.1, -0.05) is 48.5 Å². The molecule has 1 atom stereocenters. The molecule has 1 fully saturated rings. The van der Waals surface area contributed by atoms with E-state index < -0.39 is 0 Å². The van der Waals surface area contributed by atoms with Crippen LogP contribution in [0.15, 0.2) is 59.7 Å². The molecule has 1 aromatic heterocycles. The second-order valence-electron chi connectivity index (χ2n) is 8.14. The van der Waals surface area contributed by atoms with Crippen molar-refractivity contribution in [1.82, 2.24) is 15.2 Å². The lowest BCUT2D eigenvalue weighted by atomic mass is 10.1. The standard InChI is InChI=1S/C25H32N4O.HI/c1-19-7-6-10-23-22(15-28-24(19)23)11-13-27-25(26-2)29-14-12-21(16-29)18-30-17-20-8-4-3-5-9-20;/h3-10,15,21,28H,11-14,16-18H2,1-2H3,(H,26,27);1H. The van der Waals surface area contributed by atoms with Crippen molar-refractivity contribution in [3.05, 3.63) is 71.4 Å².